The minimum Gasteiger partial charge on any atom is -0.383 e. The van der Waals surface area contributed by atoms with Gasteiger partial charge < -0.3 is 10.6 Å². The molecule has 1 aromatic carbocycles. The fraction of sp³-hybridized carbons (Fsp3) is 0.500. The van der Waals surface area contributed by atoms with Crippen molar-refractivity contribution in [1.82, 2.24) is 0 Å². The van der Waals surface area contributed by atoms with E-state index in [4.69, 9.17) is 0 Å². The van der Waals surface area contributed by atoms with Crippen molar-refractivity contribution in [1.29, 1.82) is 0 Å². The second-order valence-electron chi connectivity index (χ2n) is 4.40. The van der Waals surface area contributed by atoms with Gasteiger partial charge in [-0.1, -0.05) is 13.8 Å². The average Bonchev–Trinajstić information content (AvgIpc) is 2.39. The Kier molecular flexibility index (Phi) is 2.80. The third-order valence-electron chi connectivity index (χ3n) is 2.90. The molecule has 2 nitrogen and oxygen atoms in total. The van der Waals surface area contributed by atoms with E-state index in [1.807, 2.05) is 0 Å². The van der Waals surface area contributed by atoms with Gasteiger partial charge >= 0.3 is 0 Å². The van der Waals surface area contributed by atoms with Gasteiger partial charge in [0.15, 0.2) is 0 Å². The molecular formula is C12H17FN2. The van der Waals surface area contributed by atoms with Gasteiger partial charge in [0, 0.05) is 12.6 Å². The van der Waals surface area contributed by atoms with Gasteiger partial charge in [-0.05, 0) is 30.5 Å². The summed E-state index contributed by atoms with van der Waals surface area (Å²) in [4.78, 5) is 0. The Labute approximate surface area is 89.9 Å². The maximum absolute atomic E-state index is 13.0. The van der Waals surface area contributed by atoms with E-state index in [-0.39, 0.29) is 5.82 Å². The third-order valence-corrected chi connectivity index (χ3v) is 2.90. The molecule has 82 valence electrons. The maximum atomic E-state index is 13.0. The molecule has 0 fully saturated rings. The van der Waals surface area contributed by atoms with Crippen LogP contribution in [-0.2, 0) is 0 Å². The molecule has 0 aromatic heterocycles. The predicted molar refractivity (Wildman–Crippen MR) is 61.8 cm³/mol. The highest BCUT2D eigenvalue weighted by atomic mass is 19.1. The Balaban J connectivity index is 2.26. The SMILES string of the molecule is CC(C)C1CCNc2cc(F)ccc2N1. The van der Waals surface area contributed by atoms with E-state index in [1.54, 1.807) is 12.1 Å². The van der Waals surface area contributed by atoms with Crippen molar-refractivity contribution < 1.29 is 4.39 Å². The summed E-state index contributed by atoms with van der Waals surface area (Å²) in [6.07, 6.45) is 1.06. The fourth-order valence-electron chi connectivity index (χ4n) is 1.92. The molecule has 15 heavy (non-hydrogen) atoms. The summed E-state index contributed by atoms with van der Waals surface area (Å²) in [6.45, 7) is 5.30. The van der Waals surface area contributed by atoms with E-state index >= 15 is 0 Å². The van der Waals surface area contributed by atoms with Crippen LogP contribution < -0.4 is 10.6 Å². The van der Waals surface area contributed by atoms with Crippen LogP contribution in [0.4, 0.5) is 15.8 Å². The lowest BCUT2D eigenvalue weighted by molar-refractivity contribution is 0.507. The molecule has 0 saturated heterocycles. The molecular weight excluding hydrogens is 191 g/mol. The molecule has 1 atom stereocenters. The number of anilines is 2. The highest BCUT2D eigenvalue weighted by molar-refractivity contribution is 5.69. The molecule has 1 aliphatic heterocycles. The second kappa shape index (κ2) is 4.09. The van der Waals surface area contributed by atoms with Gasteiger partial charge in [-0.3, -0.25) is 0 Å². The molecule has 0 amide bonds. The molecule has 0 radical (unpaired) electrons. The van der Waals surface area contributed by atoms with Crippen molar-refractivity contribution >= 4 is 11.4 Å². The molecule has 1 aliphatic rings. The van der Waals surface area contributed by atoms with Crippen LogP contribution >= 0.6 is 0 Å². The van der Waals surface area contributed by atoms with E-state index in [9.17, 15) is 4.39 Å². The summed E-state index contributed by atoms with van der Waals surface area (Å²) in [5.41, 5.74) is 1.88. The van der Waals surface area contributed by atoms with Crippen molar-refractivity contribution in [2.24, 2.45) is 5.92 Å². The number of halogens is 1. The largest absolute Gasteiger partial charge is 0.383 e. The van der Waals surface area contributed by atoms with Gasteiger partial charge in [0.2, 0.25) is 0 Å². The summed E-state index contributed by atoms with van der Waals surface area (Å²) >= 11 is 0. The molecule has 0 bridgehead atoms. The number of hydrogen-bond acceptors (Lipinski definition) is 2. The van der Waals surface area contributed by atoms with E-state index in [0.717, 1.165) is 24.3 Å². The Hall–Kier alpha value is -1.25. The lowest BCUT2D eigenvalue weighted by Crippen LogP contribution is -2.25. The molecule has 2 N–H and O–H groups in total. The van der Waals surface area contributed by atoms with Gasteiger partial charge in [0.1, 0.15) is 5.82 Å². The Morgan fingerprint density at radius 2 is 2.13 bits per heavy atom. The molecule has 0 spiro atoms. The van der Waals surface area contributed by atoms with Crippen LogP contribution in [-0.4, -0.2) is 12.6 Å². The first-order chi connectivity index (χ1) is 7.16. The summed E-state index contributed by atoms with van der Waals surface area (Å²) in [6, 6.07) is 5.31. The lowest BCUT2D eigenvalue weighted by Gasteiger charge is -2.20. The fourth-order valence-corrected chi connectivity index (χ4v) is 1.92. The first-order valence-corrected chi connectivity index (χ1v) is 5.47. The van der Waals surface area contributed by atoms with Crippen molar-refractivity contribution in [3.05, 3.63) is 24.0 Å². The van der Waals surface area contributed by atoms with E-state index in [2.05, 4.69) is 24.5 Å². The second-order valence-corrected chi connectivity index (χ2v) is 4.40. The minimum atomic E-state index is -0.189. The number of benzene rings is 1. The molecule has 2 rings (SSSR count). The summed E-state index contributed by atoms with van der Waals surface area (Å²) in [5.74, 6) is 0.397. The van der Waals surface area contributed by atoms with Crippen LogP contribution in [0, 0.1) is 11.7 Å². The Morgan fingerprint density at radius 1 is 1.33 bits per heavy atom. The van der Waals surface area contributed by atoms with Gasteiger partial charge in [0.25, 0.3) is 0 Å². The molecule has 0 aliphatic carbocycles. The molecule has 0 saturated carbocycles. The average molecular weight is 208 g/mol. The summed E-state index contributed by atoms with van der Waals surface area (Å²) < 4.78 is 13.0. The van der Waals surface area contributed by atoms with Crippen molar-refractivity contribution in [3.63, 3.8) is 0 Å². The number of fused-ring (bicyclic) bond motifs is 1. The highest BCUT2D eigenvalue weighted by Crippen LogP contribution is 2.28. The maximum Gasteiger partial charge on any atom is 0.125 e. The molecule has 3 heteroatoms. The van der Waals surface area contributed by atoms with Gasteiger partial charge in [-0.2, -0.15) is 0 Å². The van der Waals surface area contributed by atoms with Crippen LogP contribution in [0.2, 0.25) is 0 Å². The van der Waals surface area contributed by atoms with Gasteiger partial charge in [-0.15, -0.1) is 0 Å². The smallest absolute Gasteiger partial charge is 0.125 e. The Morgan fingerprint density at radius 3 is 2.87 bits per heavy atom. The zero-order valence-electron chi connectivity index (χ0n) is 9.18. The summed E-state index contributed by atoms with van der Waals surface area (Å²) in [7, 11) is 0. The standard InChI is InChI=1S/C12H17FN2/c1-8(2)10-5-6-14-12-7-9(13)3-4-11(12)15-10/h3-4,7-8,10,14-15H,5-6H2,1-2H3. The lowest BCUT2D eigenvalue weighted by atomic mass is 10.0. The normalized spacial score (nSPS) is 20.1. The minimum absolute atomic E-state index is 0.189. The van der Waals surface area contributed by atoms with Crippen LogP contribution in [0.1, 0.15) is 20.3 Å². The summed E-state index contributed by atoms with van der Waals surface area (Å²) in [5, 5.41) is 6.71. The quantitative estimate of drug-likeness (QED) is 0.741. The van der Waals surface area contributed by atoms with Crippen LogP contribution in [0.3, 0.4) is 0 Å². The van der Waals surface area contributed by atoms with Crippen LogP contribution in [0.25, 0.3) is 0 Å². The first kappa shape index (κ1) is 10.3. The molecule has 1 heterocycles. The van der Waals surface area contributed by atoms with E-state index in [1.165, 1.54) is 6.07 Å². The van der Waals surface area contributed by atoms with Crippen molar-refractivity contribution in [2.75, 3.05) is 17.2 Å². The monoisotopic (exact) mass is 208 g/mol. The van der Waals surface area contributed by atoms with Crippen LogP contribution in [0.5, 0.6) is 0 Å². The number of rotatable bonds is 1. The first-order valence-electron chi connectivity index (χ1n) is 5.47. The van der Waals surface area contributed by atoms with Gasteiger partial charge in [-0.25, -0.2) is 4.39 Å². The topological polar surface area (TPSA) is 24.1 Å². The van der Waals surface area contributed by atoms with Crippen molar-refractivity contribution in [3.8, 4) is 0 Å². The third kappa shape index (κ3) is 2.22. The van der Waals surface area contributed by atoms with Gasteiger partial charge in [0.05, 0.1) is 11.4 Å². The van der Waals surface area contributed by atoms with E-state index < -0.39 is 0 Å². The number of nitrogens with one attached hydrogen (secondary N) is 2. The predicted octanol–water partition coefficient (Wildman–Crippen LogP) is 3.08. The van der Waals surface area contributed by atoms with Crippen LogP contribution in [0.15, 0.2) is 18.2 Å². The van der Waals surface area contributed by atoms with Crippen molar-refractivity contribution in [2.45, 2.75) is 26.3 Å². The van der Waals surface area contributed by atoms with E-state index in [0.29, 0.717) is 12.0 Å². The Bertz CT molecular complexity index is 349. The number of hydrogen-bond donors (Lipinski definition) is 2. The highest BCUT2D eigenvalue weighted by Gasteiger charge is 2.18. The molecule has 1 aromatic rings. The molecule has 1 unspecified atom stereocenters. The zero-order valence-corrected chi connectivity index (χ0v) is 9.18. The zero-order chi connectivity index (χ0) is 10.8.